The van der Waals surface area contributed by atoms with E-state index in [4.69, 9.17) is 4.74 Å². The SMILES string of the molecule is O=CN(O)C[C@]1(C(=O)N2CCC[C@H]2C(=O)NC(=O)OC2CCCCC2)C[C@@H]1C1CCCC1. The molecular formula is C23H35N3O6. The summed E-state index contributed by atoms with van der Waals surface area (Å²) >= 11 is 0. The first kappa shape index (κ1) is 23.0. The van der Waals surface area contributed by atoms with Crippen LogP contribution in [0.15, 0.2) is 0 Å². The van der Waals surface area contributed by atoms with E-state index in [1.165, 1.54) is 0 Å². The van der Waals surface area contributed by atoms with Gasteiger partial charge in [-0.25, -0.2) is 9.86 Å². The molecule has 9 nitrogen and oxygen atoms in total. The van der Waals surface area contributed by atoms with E-state index in [1.807, 2.05) is 0 Å². The highest BCUT2D eigenvalue weighted by Crippen LogP contribution is 2.61. The van der Waals surface area contributed by atoms with Crippen molar-refractivity contribution >= 4 is 24.3 Å². The molecule has 0 bridgehead atoms. The van der Waals surface area contributed by atoms with Gasteiger partial charge in [0.1, 0.15) is 12.1 Å². The Labute approximate surface area is 188 Å². The third-order valence-electron chi connectivity index (χ3n) is 7.96. The van der Waals surface area contributed by atoms with Crippen LogP contribution in [-0.4, -0.2) is 64.7 Å². The molecule has 0 aromatic rings. The number of likely N-dealkylation sites (tertiary alicyclic amines) is 1. The molecule has 32 heavy (non-hydrogen) atoms. The Bertz CT molecular complexity index is 733. The Morgan fingerprint density at radius 2 is 1.72 bits per heavy atom. The van der Waals surface area contributed by atoms with Crippen molar-refractivity contribution in [2.24, 2.45) is 17.3 Å². The average molecular weight is 450 g/mol. The fraction of sp³-hybridized carbons (Fsp3) is 0.826. The fourth-order valence-electron chi connectivity index (χ4n) is 6.25. The van der Waals surface area contributed by atoms with Crippen molar-refractivity contribution in [2.45, 2.75) is 89.2 Å². The number of imide groups is 1. The van der Waals surface area contributed by atoms with E-state index < -0.39 is 23.5 Å². The van der Waals surface area contributed by atoms with Crippen LogP contribution in [0, 0.1) is 17.3 Å². The van der Waals surface area contributed by atoms with Crippen LogP contribution >= 0.6 is 0 Å². The number of ether oxygens (including phenoxy) is 1. The first-order chi connectivity index (χ1) is 15.4. The maximum Gasteiger partial charge on any atom is 0.414 e. The highest BCUT2D eigenvalue weighted by atomic mass is 16.6. The molecule has 4 aliphatic rings. The van der Waals surface area contributed by atoms with Gasteiger partial charge in [0.25, 0.3) is 5.91 Å². The van der Waals surface area contributed by atoms with Gasteiger partial charge in [-0.3, -0.25) is 24.9 Å². The van der Waals surface area contributed by atoms with Crippen LogP contribution < -0.4 is 5.32 Å². The minimum absolute atomic E-state index is 0.0505. The fourth-order valence-corrected chi connectivity index (χ4v) is 6.25. The zero-order valence-corrected chi connectivity index (χ0v) is 18.7. The predicted molar refractivity (Wildman–Crippen MR) is 113 cm³/mol. The molecule has 4 fully saturated rings. The van der Waals surface area contributed by atoms with Crippen molar-refractivity contribution in [1.82, 2.24) is 15.3 Å². The summed E-state index contributed by atoms with van der Waals surface area (Å²) in [7, 11) is 0. The van der Waals surface area contributed by atoms with E-state index in [-0.39, 0.29) is 24.5 Å². The lowest BCUT2D eigenvalue weighted by atomic mass is 9.91. The molecule has 9 heteroatoms. The number of nitrogens with zero attached hydrogens (tertiary/aromatic N) is 2. The second-order valence-electron chi connectivity index (χ2n) is 10.0. The Hall–Kier alpha value is -2.16. The van der Waals surface area contributed by atoms with E-state index in [0.29, 0.717) is 43.2 Å². The van der Waals surface area contributed by atoms with Crippen molar-refractivity contribution in [3.63, 3.8) is 0 Å². The Kier molecular flexibility index (Phi) is 7.02. The summed E-state index contributed by atoms with van der Waals surface area (Å²) in [6.07, 6.45) is 10.4. The van der Waals surface area contributed by atoms with Crippen molar-refractivity contribution in [1.29, 1.82) is 0 Å². The second kappa shape index (κ2) is 9.77. The van der Waals surface area contributed by atoms with Gasteiger partial charge in [0, 0.05) is 6.54 Å². The molecule has 2 N–H and O–H groups in total. The third kappa shape index (κ3) is 4.77. The van der Waals surface area contributed by atoms with Crippen LogP contribution in [0.2, 0.25) is 0 Å². The molecule has 4 amide bonds. The van der Waals surface area contributed by atoms with Gasteiger partial charge in [-0.1, -0.05) is 32.1 Å². The minimum Gasteiger partial charge on any atom is -0.446 e. The predicted octanol–water partition coefficient (Wildman–Crippen LogP) is 2.61. The topological polar surface area (TPSA) is 116 Å². The molecule has 0 aromatic heterocycles. The number of nitrogens with one attached hydrogen (secondary N) is 1. The van der Waals surface area contributed by atoms with E-state index in [9.17, 15) is 24.4 Å². The summed E-state index contributed by atoms with van der Waals surface area (Å²) in [5.41, 5.74) is -0.837. The quantitative estimate of drug-likeness (QED) is 0.351. The van der Waals surface area contributed by atoms with Gasteiger partial charge in [-0.15, -0.1) is 0 Å². The maximum atomic E-state index is 13.6. The molecule has 0 aromatic carbocycles. The lowest BCUT2D eigenvalue weighted by molar-refractivity contribution is -0.160. The smallest absolute Gasteiger partial charge is 0.414 e. The van der Waals surface area contributed by atoms with Gasteiger partial charge >= 0.3 is 6.09 Å². The molecule has 3 atom stereocenters. The molecule has 1 saturated heterocycles. The van der Waals surface area contributed by atoms with Crippen molar-refractivity contribution in [2.75, 3.05) is 13.1 Å². The monoisotopic (exact) mass is 449 g/mol. The van der Waals surface area contributed by atoms with E-state index in [1.54, 1.807) is 4.90 Å². The van der Waals surface area contributed by atoms with Crippen LogP contribution in [0.5, 0.6) is 0 Å². The number of amides is 4. The highest BCUT2D eigenvalue weighted by molar-refractivity contribution is 5.98. The lowest BCUT2D eigenvalue weighted by Gasteiger charge is -2.30. The van der Waals surface area contributed by atoms with Gasteiger partial charge in [-0.05, 0) is 56.8 Å². The molecule has 178 valence electrons. The van der Waals surface area contributed by atoms with Crippen LogP contribution in [-0.2, 0) is 19.1 Å². The molecule has 1 heterocycles. The first-order valence-corrected chi connectivity index (χ1v) is 12.2. The molecule has 0 spiro atoms. The second-order valence-corrected chi connectivity index (χ2v) is 10.0. The first-order valence-electron chi connectivity index (χ1n) is 12.2. The lowest BCUT2D eigenvalue weighted by Crippen LogP contribution is -2.52. The van der Waals surface area contributed by atoms with Gasteiger partial charge in [0.05, 0.1) is 12.0 Å². The zero-order chi connectivity index (χ0) is 22.7. The summed E-state index contributed by atoms with van der Waals surface area (Å²) in [4.78, 5) is 51.4. The number of hydrogen-bond donors (Lipinski definition) is 2. The molecular weight excluding hydrogens is 414 g/mol. The van der Waals surface area contributed by atoms with Gasteiger partial charge in [-0.2, -0.15) is 0 Å². The number of alkyl carbamates (subject to hydrolysis) is 1. The molecule has 1 aliphatic heterocycles. The third-order valence-corrected chi connectivity index (χ3v) is 7.96. The van der Waals surface area contributed by atoms with Gasteiger partial charge in [0.15, 0.2) is 0 Å². The van der Waals surface area contributed by atoms with Crippen molar-refractivity contribution in [3.05, 3.63) is 0 Å². The number of carbonyl (C=O) groups is 4. The standard InChI is InChI=1S/C23H35N3O6/c27-15-25(31)14-23(13-18(23)16-7-4-5-8-16)21(29)26-12-6-11-19(26)20(28)24-22(30)32-17-9-2-1-3-10-17/h15-19,31H,1-14H2,(H,24,28,30)/t18-,19+,23-/m1/s1. The summed E-state index contributed by atoms with van der Waals surface area (Å²) in [5.74, 6) is -0.165. The van der Waals surface area contributed by atoms with Crippen LogP contribution in [0.1, 0.15) is 77.0 Å². The summed E-state index contributed by atoms with van der Waals surface area (Å²) in [6, 6.07) is -0.730. The maximum absolute atomic E-state index is 13.6. The van der Waals surface area contributed by atoms with Crippen LogP contribution in [0.25, 0.3) is 0 Å². The summed E-state index contributed by atoms with van der Waals surface area (Å²) in [6.45, 7) is 0.380. The Balaban J connectivity index is 1.40. The highest BCUT2D eigenvalue weighted by Gasteiger charge is 2.65. The number of hydroxylamine groups is 2. The van der Waals surface area contributed by atoms with E-state index in [0.717, 1.165) is 57.8 Å². The molecule has 3 aliphatic carbocycles. The van der Waals surface area contributed by atoms with Crippen molar-refractivity contribution < 1.29 is 29.1 Å². The van der Waals surface area contributed by atoms with E-state index in [2.05, 4.69) is 5.32 Å². The van der Waals surface area contributed by atoms with Gasteiger partial charge in [0.2, 0.25) is 12.3 Å². The number of carbonyl (C=O) groups excluding carboxylic acids is 4. The van der Waals surface area contributed by atoms with Crippen LogP contribution in [0.3, 0.4) is 0 Å². The molecule has 0 radical (unpaired) electrons. The Morgan fingerprint density at radius 3 is 2.41 bits per heavy atom. The summed E-state index contributed by atoms with van der Waals surface area (Å²) < 4.78 is 5.40. The number of rotatable bonds is 7. The van der Waals surface area contributed by atoms with Crippen LogP contribution in [0.4, 0.5) is 4.79 Å². The van der Waals surface area contributed by atoms with E-state index >= 15 is 0 Å². The average Bonchev–Trinajstić information content (AvgIpc) is 3.18. The largest absolute Gasteiger partial charge is 0.446 e. The minimum atomic E-state index is -0.837. The zero-order valence-electron chi connectivity index (χ0n) is 18.7. The molecule has 0 unspecified atom stereocenters. The molecule has 3 saturated carbocycles. The summed E-state index contributed by atoms with van der Waals surface area (Å²) in [5, 5.41) is 12.8. The Morgan fingerprint density at radius 1 is 1.03 bits per heavy atom. The number of hydrogen-bond acceptors (Lipinski definition) is 6. The molecule has 4 rings (SSSR count). The van der Waals surface area contributed by atoms with Gasteiger partial charge < -0.3 is 9.64 Å². The normalized spacial score (nSPS) is 30.7. The van der Waals surface area contributed by atoms with Crippen molar-refractivity contribution in [3.8, 4) is 0 Å².